The molecule has 3 heterocycles. The van der Waals surface area contributed by atoms with Crippen molar-refractivity contribution >= 4 is 35.5 Å². The van der Waals surface area contributed by atoms with Crippen LogP contribution in [0.1, 0.15) is 40.0 Å². The number of thioether (sulfide) groups is 1. The molecule has 2 saturated heterocycles. The highest BCUT2D eigenvalue weighted by Gasteiger charge is 2.50. The topological polar surface area (TPSA) is 84.0 Å². The van der Waals surface area contributed by atoms with E-state index in [4.69, 9.17) is 4.74 Å². The molecule has 3 aliphatic heterocycles. The maximum Gasteiger partial charge on any atom is 0.328 e. The highest BCUT2D eigenvalue weighted by Crippen LogP contribution is 2.38. The lowest BCUT2D eigenvalue weighted by molar-refractivity contribution is -0.157. The number of nitrogens with zero attached hydrogens (tertiary/aromatic N) is 2. The second kappa shape index (κ2) is 6.42. The van der Waals surface area contributed by atoms with Crippen LogP contribution in [-0.4, -0.2) is 63.8 Å². The van der Waals surface area contributed by atoms with Gasteiger partial charge in [0.05, 0.1) is 23.6 Å². The molecule has 26 heavy (non-hydrogen) atoms. The lowest BCUT2D eigenvalue weighted by Crippen LogP contribution is -2.63. The van der Waals surface area contributed by atoms with Gasteiger partial charge in [0.25, 0.3) is 11.8 Å². The first-order valence-electron chi connectivity index (χ1n) is 8.53. The monoisotopic (exact) mass is 374 g/mol. The molecule has 8 heteroatoms. The molecule has 3 amide bonds. The van der Waals surface area contributed by atoms with Crippen molar-refractivity contribution in [2.45, 2.75) is 36.7 Å². The molecule has 3 atom stereocenters. The second-order valence-corrected chi connectivity index (χ2v) is 7.76. The lowest BCUT2D eigenvalue weighted by atomic mass is 10.00. The Kier molecular flexibility index (Phi) is 4.22. The summed E-state index contributed by atoms with van der Waals surface area (Å²) in [6, 6.07) is 5.02. The molecule has 1 aromatic carbocycles. The fourth-order valence-electron chi connectivity index (χ4n) is 3.91. The summed E-state index contributed by atoms with van der Waals surface area (Å²) in [6.07, 6.45) is 2.15. The van der Waals surface area contributed by atoms with E-state index in [2.05, 4.69) is 0 Å². The quantitative estimate of drug-likeness (QED) is 0.573. The molecule has 0 unspecified atom stereocenters. The summed E-state index contributed by atoms with van der Waals surface area (Å²) in [5.41, 5.74) is 0.640. The molecule has 0 aliphatic carbocycles. The molecule has 3 aliphatic rings. The van der Waals surface area contributed by atoms with Crippen LogP contribution in [-0.2, 0) is 14.3 Å². The number of piperidine rings is 1. The Morgan fingerprint density at radius 2 is 1.77 bits per heavy atom. The van der Waals surface area contributed by atoms with E-state index in [0.29, 0.717) is 23.3 Å². The Labute approximate surface area is 154 Å². The van der Waals surface area contributed by atoms with Gasteiger partial charge in [-0.3, -0.25) is 19.3 Å². The summed E-state index contributed by atoms with van der Waals surface area (Å²) in [7, 11) is 1.30. The zero-order chi connectivity index (χ0) is 18.4. The van der Waals surface area contributed by atoms with E-state index < -0.39 is 29.9 Å². The van der Waals surface area contributed by atoms with E-state index in [1.54, 1.807) is 24.3 Å². The van der Waals surface area contributed by atoms with Gasteiger partial charge in [-0.1, -0.05) is 12.1 Å². The number of rotatable bonds is 2. The molecular weight excluding hydrogens is 356 g/mol. The number of benzene rings is 1. The fourth-order valence-corrected chi connectivity index (χ4v) is 5.35. The van der Waals surface area contributed by atoms with Crippen LogP contribution in [0.4, 0.5) is 0 Å². The summed E-state index contributed by atoms with van der Waals surface area (Å²) in [6.45, 7) is 0. The van der Waals surface area contributed by atoms with Crippen molar-refractivity contribution in [2.24, 2.45) is 0 Å². The number of hydrogen-bond acceptors (Lipinski definition) is 6. The van der Waals surface area contributed by atoms with Crippen LogP contribution in [0.15, 0.2) is 24.3 Å². The van der Waals surface area contributed by atoms with E-state index in [1.807, 2.05) is 0 Å². The van der Waals surface area contributed by atoms with Gasteiger partial charge in [-0.15, -0.1) is 11.8 Å². The number of carbonyl (C=O) groups is 4. The molecule has 4 rings (SSSR count). The normalized spacial score (nSPS) is 28.0. The van der Waals surface area contributed by atoms with Gasteiger partial charge in [0, 0.05) is 5.75 Å². The first-order chi connectivity index (χ1) is 12.5. The average Bonchev–Trinajstić information content (AvgIpc) is 2.92. The predicted molar refractivity (Wildman–Crippen MR) is 93.5 cm³/mol. The van der Waals surface area contributed by atoms with E-state index in [1.165, 1.54) is 23.8 Å². The number of amides is 3. The smallest absolute Gasteiger partial charge is 0.328 e. The minimum absolute atomic E-state index is 0.119. The van der Waals surface area contributed by atoms with Gasteiger partial charge in [-0.2, -0.15) is 0 Å². The van der Waals surface area contributed by atoms with Crippen LogP contribution in [0.3, 0.4) is 0 Å². The van der Waals surface area contributed by atoms with Crippen LogP contribution < -0.4 is 0 Å². The molecule has 0 N–H and O–H groups in total. The van der Waals surface area contributed by atoms with Gasteiger partial charge in [0.15, 0.2) is 0 Å². The summed E-state index contributed by atoms with van der Waals surface area (Å²) in [5, 5.41) is -0.119. The highest BCUT2D eigenvalue weighted by atomic mass is 32.2. The third-order valence-electron chi connectivity index (χ3n) is 5.17. The first-order valence-corrected chi connectivity index (χ1v) is 9.58. The molecule has 0 radical (unpaired) electrons. The Bertz CT molecular complexity index is 776. The van der Waals surface area contributed by atoms with E-state index in [0.717, 1.165) is 17.7 Å². The van der Waals surface area contributed by atoms with E-state index in [9.17, 15) is 19.2 Å². The molecular formula is C18H18N2O5S. The Balaban J connectivity index is 1.65. The minimum Gasteiger partial charge on any atom is -0.467 e. The van der Waals surface area contributed by atoms with Gasteiger partial charge in [0.1, 0.15) is 12.1 Å². The fraction of sp³-hybridized carbons (Fsp3) is 0.444. The maximum atomic E-state index is 13.2. The van der Waals surface area contributed by atoms with Crippen molar-refractivity contribution in [3.8, 4) is 0 Å². The van der Waals surface area contributed by atoms with Crippen LogP contribution in [0.2, 0.25) is 0 Å². The molecule has 0 aromatic heterocycles. The van der Waals surface area contributed by atoms with Crippen molar-refractivity contribution in [1.82, 2.24) is 9.80 Å². The van der Waals surface area contributed by atoms with Crippen LogP contribution in [0, 0.1) is 0 Å². The summed E-state index contributed by atoms with van der Waals surface area (Å²) in [5.74, 6) is -1.35. The van der Waals surface area contributed by atoms with Crippen molar-refractivity contribution in [3.05, 3.63) is 35.4 Å². The molecule has 2 fully saturated rings. The van der Waals surface area contributed by atoms with Crippen LogP contribution >= 0.6 is 11.8 Å². The number of methoxy groups -OCH3 is 1. The Morgan fingerprint density at radius 3 is 2.38 bits per heavy atom. The molecule has 1 aromatic rings. The van der Waals surface area contributed by atoms with Crippen molar-refractivity contribution in [1.29, 1.82) is 0 Å². The van der Waals surface area contributed by atoms with Crippen molar-refractivity contribution in [3.63, 3.8) is 0 Å². The number of ether oxygens (including phenoxy) is 1. The van der Waals surface area contributed by atoms with Crippen LogP contribution in [0.25, 0.3) is 0 Å². The van der Waals surface area contributed by atoms with Gasteiger partial charge in [-0.05, 0) is 31.4 Å². The summed E-state index contributed by atoms with van der Waals surface area (Å²) in [4.78, 5) is 53.3. The van der Waals surface area contributed by atoms with Crippen molar-refractivity contribution < 1.29 is 23.9 Å². The number of fused-ring (bicyclic) bond motifs is 2. The van der Waals surface area contributed by atoms with E-state index >= 15 is 0 Å². The number of carbonyl (C=O) groups excluding carboxylic acids is 4. The molecule has 0 saturated carbocycles. The number of esters is 1. The molecule has 136 valence electrons. The summed E-state index contributed by atoms with van der Waals surface area (Å²) >= 11 is 1.51. The van der Waals surface area contributed by atoms with Gasteiger partial charge in [-0.25, -0.2) is 4.79 Å². The molecule has 0 bridgehead atoms. The van der Waals surface area contributed by atoms with E-state index in [-0.39, 0.29) is 11.3 Å². The SMILES string of the molecule is COC(=O)[C@@H]1CCC[C@H]2SC[C@@H](N3C(=O)c4ccccc4C3=O)C(=O)N21. The Hall–Kier alpha value is -2.35. The maximum absolute atomic E-state index is 13.2. The largest absolute Gasteiger partial charge is 0.467 e. The third kappa shape index (κ3) is 2.43. The molecule has 7 nitrogen and oxygen atoms in total. The van der Waals surface area contributed by atoms with Crippen molar-refractivity contribution in [2.75, 3.05) is 12.9 Å². The second-order valence-electron chi connectivity index (χ2n) is 6.55. The number of imide groups is 1. The van der Waals surface area contributed by atoms with Gasteiger partial charge >= 0.3 is 5.97 Å². The first kappa shape index (κ1) is 17.1. The highest BCUT2D eigenvalue weighted by molar-refractivity contribution is 8.00. The zero-order valence-electron chi connectivity index (χ0n) is 14.2. The molecule has 0 spiro atoms. The predicted octanol–water partition coefficient (Wildman–Crippen LogP) is 1.28. The average molecular weight is 374 g/mol. The number of hydrogen-bond donors (Lipinski definition) is 0. The van der Waals surface area contributed by atoms with Gasteiger partial charge < -0.3 is 9.64 Å². The third-order valence-corrected chi connectivity index (χ3v) is 6.53. The van der Waals surface area contributed by atoms with Gasteiger partial charge in [0.2, 0.25) is 5.91 Å². The summed E-state index contributed by atoms with van der Waals surface area (Å²) < 4.78 is 4.85. The lowest BCUT2D eigenvalue weighted by Gasteiger charge is -2.46. The zero-order valence-corrected chi connectivity index (χ0v) is 15.0. The standard InChI is InChI=1S/C18H18N2O5S/c1-25-18(24)12-7-4-8-14-19(12)17(23)13(9-26-14)20-15(21)10-5-2-3-6-11(10)16(20)22/h2-3,5-6,12-14H,4,7-9H2,1H3/t12-,13+,14+/m0/s1. The van der Waals surface area contributed by atoms with Crippen LogP contribution in [0.5, 0.6) is 0 Å². The Morgan fingerprint density at radius 1 is 1.12 bits per heavy atom. The minimum atomic E-state index is -0.895.